The Morgan fingerprint density at radius 1 is 1.24 bits per heavy atom. The zero-order valence-corrected chi connectivity index (χ0v) is 15.4. The Labute approximate surface area is 150 Å². The zero-order chi connectivity index (χ0) is 17.8. The van der Waals surface area contributed by atoms with E-state index in [-0.39, 0.29) is 11.7 Å². The first-order chi connectivity index (χ1) is 12.1. The molecule has 0 saturated carbocycles. The number of piperidine rings is 2. The molecule has 0 radical (unpaired) electrons. The molecule has 0 bridgehead atoms. The second kappa shape index (κ2) is 8.09. The minimum absolute atomic E-state index is 0.167. The van der Waals surface area contributed by atoms with E-state index in [1.807, 2.05) is 12.1 Å². The summed E-state index contributed by atoms with van der Waals surface area (Å²) in [6, 6.07) is 5.61. The van der Waals surface area contributed by atoms with E-state index in [9.17, 15) is 9.90 Å². The van der Waals surface area contributed by atoms with Crippen LogP contribution in [0, 0.1) is 11.8 Å². The number of amides is 1. The first-order valence-corrected chi connectivity index (χ1v) is 9.44. The topological polar surface area (TPSA) is 53.0 Å². The third-order valence-corrected chi connectivity index (χ3v) is 5.60. The Bertz CT molecular complexity index is 597. The number of nitrogens with zero attached hydrogens (tertiary/aromatic N) is 2. The van der Waals surface area contributed by atoms with Crippen LogP contribution in [0.3, 0.4) is 0 Å². The Morgan fingerprint density at radius 3 is 2.68 bits per heavy atom. The monoisotopic (exact) mass is 346 g/mol. The Hall–Kier alpha value is -1.75. The quantitative estimate of drug-likeness (QED) is 0.911. The van der Waals surface area contributed by atoms with Gasteiger partial charge in [-0.05, 0) is 50.8 Å². The summed E-state index contributed by atoms with van der Waals surface area (Å²) in [7, 11) is 1.57. The van der Waals surface area contributed by atoms with Crippen LogP contribution in [0.5, 0.6) is 11.5 Å². The van der Waals surface area contributed by atoms with Crippen LogP contribution in [0.2, 0.25) is 0 Å². The average molecular weight is 346 g/mol. The van der Waals surface area contributed by atoms with E-state index >= 15 is 0 Å². The van der Waals surface area contributed by atoms with E-state index in [4.69, 9.17) is 4.74 Å². The summed E-state index contributed by atoms with van der Waals surface area (Å²) in [6.07, 6.45) is 4.20. The van der Waals surface area contributed by atoms with Gasteiger partial charge in [0.2, 0.25) is 5.91 Å². The molecule has 2 heterocycles. The second-order valence-corrected chi connectivity index (χ2v) is 7.55. The lowest BCUT2D eigenvalue weighted by molar-refractivity contribution is -0.138. The highest BCUT2D eigenvalue weighted by molar-refractivity contribution is 5.79. The molecule has 138 valence electrons. The lowest BCUT2D eigenvalue weighted by Gasteiger charge is -2.37. The van der Waals surface area contributed by atoms with E-state index < -0.39 is 0 Å². The number of carbonyl (C=O) groups is 1. The fourth-order valence-electron chi connectivity index (χ4n) is 4.09. The average Bonchev–Trinajstić information content (AvgIpc) is 2.63. The summed E-state index contributed by atoms with van der Waals surface area (Å²) >= 11 is 0. The minimum Gasteiger partial charge on any atom is -0.504 e. The fraction of sp³-hybridized carbons (Fsp3) is 0.650. The van der Waals surface area contributed by atoms with Gasteiger partial charge in [-0.25, -0.2) is 0 Å². The standard InChI is InChI=1S/C20H30N2O3/c1-15-5-4-10-22(13-15)20(24)16-8-11-21(12-9-16)14-17-6-3-7-18(25-2)19(17)23/h3,6-7,15-16,23H,4-5,8-14H2,1-2H3. The highest BCUT2D eigenvalue weighted by Crippen LogP contribution is 2.31. The van der Waals surface area contributed by atoms with Gasteiger partial charge in [0.05, 0.1) is 7.11 Å². The molecule has 1 aromatic rings. The first kappa shape index (κ1) is 18.1. The van der Waals surface area contributed by atoms with E-state index in [1.54, 1.807) is 13.2 Å². The van der Waals surface area contributed by atoms with Crippen LogP contribution in [0.25, 0.3) is 0 Å². The normalized spacial score (nSPS) is 22.8. The van der Waals surface area contributed by atoms with Crippen LogP contribution in [0.4, 0.5) is 0 Å². The molecule has 5 nitrogen and oxygen atoms in total. The number of rotatable bonds is 4. The lowest BCUT2D eigenvalue weighted by atomic mass is 9.92. The number of aromatic hydroxyl groups is 1. The summed E-state index contributed by atoms with van der Waals surface area (Å²) < 4.78 is 5.18. The number of carbonyl (C=O) groups excluding carboxylic acids is 1. The van der Waals surface area contributed by atoms with Crippen molar-refractivity contribution in [3.8, 4) is 11.5 Å². The number of methoxy groups -OCH3 is 1. The number of ether oxygens (including phenoxy) is 1. The molecule has 1 atom stereocenters. The number of benzene rings is 1. The highest BCUT2D eigenvalue weighted by atomic mass is 16.5. The molecule has 2 aliphatic heterocycles. The number of hydrogen-bond acceptors (Lipinski definition) is 4. The van der Waals surface area contributed by atoms with Gasteiger partial charge >= 0.3 is 0 Å². The van der Waals surface area contributed by atoms with Gasteiger partial charge in [0.15, 0.2) is 11.5 Å². The first-order valence-electron chi connectivity index (χ1n) is 9.44. The molecule has 25 heavy (non-hydrogen) atoms. The van der Waals surface area contributed by atoms with Crippen LogP contribution in [0.1, 0.15) is 38.2 Å². The predicted molar refractivity (Wildman–Crippen MR) is 97.6 cm³/mol. The maximum absolute atomic E-state index is 12.8. The summed E-state index contributed by atoms with van der Waals surface area (Å²) in [5, 5.41) is 10.2. The van der Waals surface area contributed by atoms with Crippen molar-refractivity contribution < 1.29 is 14.6 Å². The van der Waals surface area contributed by atoms with Crippen LogP contribution in [-0.2, 0) is 11.3 Å². The minimum atomic E-state index is 0.167. The smallest absolute Gasteiger partial charge is 0.225 e. The zero-order valence-electron chi connectivity index (χ0n) is 15.4. The van der Waals surface area contributed by atoms with Crippen LogP contribution in [0.15, 0.2) is 18.2 Å². The number of hydrogen-bond donors (Lipinski definition) is 1. The summed E-state index contributed by atoms with van der Waals surface area (Å²) in [4.78, 5) is 17.2. The summed E-state index contributed by atoms with van der Waals surface area (Å²) in [5.74, 6) is 1.90. The molecule has 2 saturated heterocycles. The summed E-state index contributed by atoms with van der Waals surface area (Å²) in [5.41, 5.74) is 0.883. The predicted octanol–water partition coefficient (Wildman–Crippen LogP) is 2.87. The fourth-order valence-corrected chi connectivity index (χ4v) is 4.09. The number of para-hydroxylation sites is 1. The van der Waals surface area contributed by atoms with Crippen molar-refractivity contribution in [2.24, 2.45) is 11.8 Å². The Morgan fingerprint density at radius 2 is 2.00 bits per heavy atom. The molecule has 1 amide bonds. The van der Waals surface area contributed by atoms with Gasteiger partial charge in [0.25, 0.3) is 0 Å². The van der Waals surface area contributed by atoms with Crippen molar-refractivity contribution in [1.82, 2.24) is 9.80 Å². The second-order valence-electron chi connectivity index (χ2n) is 7.55. The van der Waals surface area contributed by atoms with Gasteiger partial charge < -0.3 is 14.7 Å². The summed E-state index contributed by atoms with van der Waals surface area (Å²) in [6.45, 7) is 6.60. The molecule has 3 rings (SSSR count). The SMILES string of the molecule is COc1cccc(CN2CCC(C(=O)N3CCCC(C)C3)CC2)c1O. The molecule has 0 aliphatic carbocycles. The van der Waals surface area contributed by atoms with Gasteiger partial charge in [-0.2, -0.15) is 0 Å². The van der Waals surface area contributed by atoms with Gasteiger partial charge in [-0.1, -0.05) is 19.1 Å². The molecule has 1 unspecified atom stereocenters. The molecule has 1 aromatic carbocycles. The van der Waals surface area contributed by atoms with Crippen LogP contribution < -0.4 is 4.74 Å². The molecular weight excluding hydrogens is 316 g/mol. The molecule has 0 spiro atoms. The van der Waals surface area contributed by atoms with E-state index in [1.165, 1.54) is 6.42 Å². The Kier molecular flexibility index (Phi) is 5.84. The number of likely N-dealkylation sites (tertiary alicyclic amines) is 2. The van der Waals surface area contributed by atoms with Crippen molar-refractivity contribution in [3.05, 3.63) is 23.8 Å². The van der Waals surface area contributed by atoms with Gasteiger partial charge in [-0.15, -0.1) is 0 Å². The van der Waals surface area contributed by atoms with Crippen molar-refractivity contribution in [2.75, 3.05) is 33.3 Å². The van der Waals surface area contributed by atoms with E-state index in [2.05, 4.69) is 16.7 Å². The van der Waals surface area contributed by atoms with Crippen molar-refractivity contribution >= 4 is 5.91 Å². The van der Waals surface area contributed by atoms with E-state index in [0.717, 1.165) is 51.0 Å². The van der Waals surface area contributed by atoms with Gasteiger partial charge in [0.1, 0.15) is 0 Å². The van der Waals surface area contributed by atoms with E-state index in [0.29, 0.717) is 24.1 Å². The Balaban J connectivity index is 1.53. The molecular formula is C20H30N2O3. The molecule has 2 aliphatic rings. The maximum Gasteiger partial charge on any atom is 0.225 e. The molecule has 2 fully saturated rings. The highest BCUT2D eigenvalue weighted by Gasteiger charge is 2.30. The number of phenols is 1. The third kappa shape index (κ3) is 4.27. The number of phenolic OH excluding ortho intramolecular Hbond substituents is 1. The molecule has 1 N–H and O–H groups in total. The largest absolute Gasteiger partial charge is 0.504 e. The molecule has 5 heteroatoms. The van der Waals surface area contributed by atoms with Crippen LogP contribution >= 0.6 is 0 Å². The van der Waals surface area contributed by atoms with Crippen molar-refractivity contribution in [2.45, 2.75) is 39.2 Å². The van der Waals surface area contributed by atoms with Gasteiger partial charge in [-0.3, -0.25) is 9.69 Å². The molecule has 0 aromatic heterocycles. The van der Waals surface area contributed by atoms with Crippen LogP contribution in [-0.4, -0.2) is 54.1 Å². The third-order valence-electron chi connectivity index (χ3n) is 5.60. The van der Waals surface area contributed by atoms with Gasteiger partial charge in [0, 0.05) is 31.1 Å². The van der Waals surface area contributed by atoms with Crippen molar-refractivity contribution in [1.29, 1.82) is 0 Å². The maximum atomic E-state index is 12.8. The lowest BCUT2D eigenvalue weighted by Crippen LogP contribution is -2.45. The van der Waals surface area contributed by atoms with Crippen molar-refractivity contribution in [3.63, 3.8) is 0 Å².